The molecule has 4 N–H and O–H groups in total. The summed E-state index contributed by atoms with van der Waals surface area (Å²) in [4.78, 5) is 0. The first kappa shape index (κ1) is 44.6. The second-order valence-corrected chi connectivity index (χ2v) is 16.1. The van der Waals surface area contributed by atoms with Gasteiger partial charge in [0.1, 0.15) is 49.7 Å². The molecule has 298 valence electrons. The van der Waals surface area contributed by atoms with Gasteiger partial charge in [-0.1, -0.05) is 0 Å². The average molecular weight is 888 g/mol. The Kier molecular flexibility index (Phi) is 13.0. The molecule has 1 fully saturated rings. The van der Waals surface area contributed by atoms with E-state index >= 15 is 0 Å². The number of benzene rings is 2. The predicted octanol–water partition coefficient (Wildman–Crippen LogP) is 8.77. The fourth-order valence-corrected chi connectivity index (χ4v) is 5.29. The number of nitrogen functional groups attached to an aromatic ring is 2. The maximum absolute atomic E-state index is 13.9. The number of aromatic nitrogens is 4. The first-order valence-corrected chi connectivity index (χ1v) is 17.2. The largest absolute Gasteiger partial charge is 0.505 e. The quantitative estimate of drug-likeness (QED) is 0.119. The van der Waals surface area contributed by atoms with Gasteiger partial charge >= 0.3 is 19.7 Å². The fourth-order valence-electron chi connectivity index (χ4n) is 4.59. The molecule has 1 aliphatic rings. The smallest absolute Gasteiger partial charge is 0.488 e. The molecular formula is C34H42BF8IN6O4. The second kappa shape index (κ2) is 15.8. The molecule has 20 heteroatoms. The van der Waals surface area contributed by atoms with Crippen molar-refractivity contribution in [3.8, 4) is 22.8 Å². The summed E-state index contributed by atoms with van der Waals surface area (Å²) >= 11 is 1.51. The van der Waals surface area contributed by atoms with Crippen molar-refractivity contribution >= 4 is 46.8 Å². The highest BCUT2D eigenvalue weighted by molar-refractivity contribution is 14.1. The van der Waals surface area contributed by atoms with Gasteiger partial charge in [0, 0.05) is 29.8 Å². The van der Waals surface area contributed by atoms with Crippen LogP contribution in [0.15, 0.2) is 48.5 Å². The van der Waals surface area contributed by atoms with Crippen molar-refractivity contribution in [1.82, 2.24) is 19.6 Å². The highest BCUT2D eigenvalue weighted by atomic mass is 127. The minimum Gasteiger partial charge on any atom is -0.488 e. The molecule has 0 atom stereocenters. The van der Waals surface area contributed by atoms with Gasteiger partial charge in [0.05, 0.1) is 16.9 Å². The zero-order chi connectivity index (χ0) is 41.4. The normalized spacial score (nSPS) is 15.6. The minimum atomic E-state index is -4.76. The molecule has 3 heterocycles. The first-order chi connectivity index (χ1) is 24.3. The summed E-state index contributed by atoms with van der Waals surface area (Å²) in [6.07, 6.45) is -9.24. The molecule has 54 heavy (non-hydrogen) atoms. The summed E-state index contributed by atoms with van der Waals surface area (Å²) < 4.78 is 125. The van der Waals surface area contributed by atoms with Gasteiger partial charge in [-0.2, -0.15) is 9.36 Å². The standard InChI is InChI=1S/C16H24BFO3.C14H15F4N3O.C4H3F3IN3/c1-14(2,3)19-13-9-11(8-12(18)10-13)17-20-15(4,5)16(6,7)21-17;1-13(2,3)22-10-5-8(4-9(15)6-10)11-7-12(19)20-21(11)14(16,17)18;5-4(6,7)11-2(8)1-3(9)10-11/h8-10H,1-7H3;4-7H,1-3H3,(H2,19,20);1H,(H2,9,10). The molecule has 0 amide bonds. The summed E-state index contributed by atoms with van der Waals surface area (Å²) in [6, 6.07) is 10.1. The van der Waals surface area contributed by atoms with Crippen LogP contribution in [-0.4, -0.2) is 49.1 Å². The maximum atomic E-state index is 13.9. The van der Waals surface area contributed by atoms with Gasteiger partial charge < -0.3 is 30.2 Å². The molecule has 0 radical (unpaired) electrons. The molecule has 2 aromatic carbocycles. The molecule has 5 rings (SSSR count). The van der Waals surface area contributed by atoms with Crippen LogP contribution in [0.4, 0.5) is 46.8 Å². The van der Waals surface area contributed by atoms with E-state index in [1.54, 1.807) is 26.8 Å². The lowest BCUT2D eigenvalue weighted by Gasteiger charge is -2.32. The molecule has 0 aliphatic carbocycles. The molecule has 10 nitrogen and oxygen atoms in total. The van der Waals surface area contributed by atoms with Gasteiger partial charge in [-0.05, 0) is 122 Å². The monoisotopic (exact) mass is 888 g/mol. The number of hydrogen-bond donors (Lipinski definition) is 2. The molecule has 1 aliphatic heterocycles. The van der Waals surface area contributed by atoms with Gasteiger partial charge in [0.2, 0.25) is 0 Å². The summed E-state index contributed by atoms with van der Waals surface area (Å²) in [7, 11) is -0.590. The van der Waals surface area contributed by atoms with Crippen LogP contribution in [0, 0.1) is 15.3 Å². The van der Waals surface area contributed by atoms with E-state index in [0.29, 0.717) is 11.2 Å². The number of ether oxygens (including phenoxy) is 2. The minimum absolute atomic E-state index is 0.0271. The van der Waals surface area contributed by atoms with E-state index in [4.69, 9.17) is 30.2 Å². The number of halogens is 9. The van der Waals surface area contributed by atoms with E-state index in [2.05, 4.69) is 10.2 Å². The lowest BCUT2D eigenvalue weighted by Crippen LogP contribution is -2.41. The number of hydrogen-bond acceptors (Lipinski definition) is 8. The van der Waals surface area contributed by atoms with E-state index in [1.807, 2.05) is 48.5 Å². The van der Waals surface area contributed by atoms with Crippen LogP contribution in [0.5, 0.6) is 11.5 Å². The molecule has 0 saturated carbocycles. The highest BCUT2D eigenvalue weighted by Crippen LogP contribution is 2.37. The Morgan fingerprint density at radius 1 is 0.648 bits per heavy atom. The number of alkyl halides is 6. The Bertz CT molecular complexity index is 1900. The van der Waals surface area contributed by atoms with E-state index in [9.17, 15) is 35.1 Å². The van der Waals surface area contributed by atoms with Crippen molar-refractivity contribution in [3.63, 3.8) is 0 Å². The molecule has 0 unspecified atom stereocenters. The fraction of sp³-hybridized carbons (Fsp3) is 0.471. The van der Waals surface area contributed by atoms with Crippen LogP contribution >= 0.6 is 22.6 Å². The third-order valence-corrected chi connectivity index (χ3v) is 8.10. The third kappa shape index (κ3) is 12.4. The number of anilines is 2. The maximum Gasteiger partial charge on any atom is 0.505 e. The van der Waals surface area contributed by atoms with Crippen molar-refractivity contribution < 1.29 is 53.9 Å². The molecular weight excluding hydrogens is 846 g/mol. The Hall–Kier alpha value is -3.79. The average Bonchev–Trinajstić information content (AvgIpc) is 3.58. The van der Waals surface area contributed by atoms with Gasteiger partial charge in [-0.25, -0.2) is 8.78 Å². The molecule has 2 aromatic heterocycles. The van der Waals surface area contributed by atoms with Crippen LogP contribution in [0.2, 0.25) is 0 Å². The third-order valence-electron chi connectivity index (χ3n) is 7.33. The Morgan fingerprint density at radius 2 is 1.07 bits per heavy atom. The van der Waals surface area contributed by atoms with Gasteiger partial charge in [-0.15, -0.1) is 36.5 Å². The summed E-state index contributed by atoms with van der Waals surface area (Å²) in [5, 5.41) is 6.24. The van der Waals surface area contributed by atoms with Crippen molar-refractivity contribution in [1.29, 1.82) is 0 Å². The van der Waals surface area contributed by atoms with Crippen LogP contribution in [-0.2, 0) is 21.9 Å². The zero-order valence-corrected chi connectivity index (χ0v) is 33.3. The first-order valence-electron chi connectivity index (χ1n) is 16.1. The Morgan fingerprint density at radius 3 is 1.48 bits per heavy atom. The number of nitrogens with zero attached hydrogens (tertiary/aromatic N) is 4. The van der Waals surface area contributed by atoms with Crippen molar-refractivity contribution in [2.75, 3.05) is 11.5 Å². The van der Waals surface area contributed by atoms with E-state index in [0.717, 1.165) is 24.3 Å². The lowest BCUT2D eigenvalue weighted by molar-refractivity contribution is -0.214. The predicted molar refractivity (Wildman–Crippen MR) is 197 cm³/mol. The molecule has 1 saturated heterocycles. The van der Waals surface area contributed by atoms with E-state index < -0.39 is 42.3 Å². The molecule has 0 spiro atoms. The van der Waals surface area contributed by atoms with Gasteiger partial charge in [-0.3, -0.25) is 0 Å². The van der Waals surface area contributed by atoms with Crippen molar-refractivity contribution in [2.45, 2.75) is 104 Å². The van der Waals surface area contributed by atoms with E-state index in [1.165, 1.54) is 40.8 Å². The summed E-state index contributed by atoms with van der Waals surface area (Å²) in [5.41, 5.74) is 8.72. The Labute approximate surface area is 321 Å². The molecule has 0 bridgehead atoms. The van der Waals surface area contributed by atoms with Crippen LogP contribution in [0.25, 0.3) is 11.3 Å². The van der Waals surface area contributed by atoms with Gasteiger partial charge in [0.15, 0.2) is 0 Å². The van der Waals surface area contributed by atoms with E-state index in [-0.39, 0.29) is 53.1 Å². The van der Waals surface area contributed by atoms with Crippen molar-refractivity contribution in [3.05, 3.63) is 63.9 Å². The van der Waals surface area contributed by atoms with Crippen LogP contribution < -0.4 is 26.4 Å². The van der Waals surface area contributed by atoms with Gasteiger partial charge in [0.25, 0.3) is 0 Å². The zero-order valence-electron chi connectivity index (χ0n) is 31.2. The molecule has 4 aromatic rings. The lowest BCUT2D eigenvalue weighted by atomic mass is 9.79. The topological polar surface area (TPSA) is 125 Å². The summed E-state index contributed by atoms with van der Waals surface area (Å²) in [6.45, 7) is 18.9. The SMILES string of the molecule is CC(C)(C)Oc1cc(F)cc(-c2cc(N)nn2C(F)(F)F)c1.CC(C)(C)Oc1cc(F)cc(B2OC(C)(C)C(C)(C)O2)c1.Nc1cc(I)n(C(F)(F)F)n1. The summed E-state index contributed by atoms with van der Waals surface area (Å²) in [5.74, 6) is -0.920. The van der Waals surface area contributed by atoms with Crippen LogP contribution in [0.1, 0.15) is 69.2 Å². The van der Waals surface area contributed by atoms with Crippen molar-refractivity contribution in [2.24, 2.45) is 0 Å². The Balaban J connectivity index is 0.000000230. The van der Waals surface area contributed by atoms with Crippen LogP contribution in [0.3, 0.4) is 0 Å². The number of nitrogens with two attached hydrogens (primary N) is 2. The highest BCUT2D eigenvalue weighted by Gasteiger charge is 2.52. The second-order valence-electron chi connectivity index (χ2n) is 15.0. The number of rotatable bonds is 4.